The highest BCUT2D eigenvalue weighted by Gasteiger charge is 2.36. The predicted molar refractivity (Wildman–Crippen MR) is 60.1 cm³/mol. The van der Waals surface area contributed by atoms with Crippen LogP contribution in [0.3, 0.4) is 0 Å². The minimum absolute atomic E-state index is 0.288. The number of sulfonamides is 1. The molecule has 1 N–H and O–H groups in total. The Morgan fingerprint density at radius 3 is 2.20 bits per heavy atom. The smallest absolute Gasteiger partial charge is 0.216 e. The van der Waals surface area contributed by atoms with E-state index < -0.39 is 10.0 Å². The first-order chi connectivity index (χ1) is 7.00. The van der Waals surface area contributed by atoms with Crippen LogP contribution in [0.2, 0.25) is 0 Å². The number of nitrogens with one attached hydrogen (secondary N) is 1. The van der Waals surface area contributed by atoms with E-state index in [4.69, 9.17) is 0 Å². The zero-order valence-corrected chi connectivity index (χ0v) is 10.3. The Kier molecular flexibility index (Phi) is 3.05. The maximum Gasteiger partial charge on any atom is 0.216 e. The summed E-state index contributed by atoms with van der Waals surface area (Å²) in [7, 11) is -3.04. The van der Waals surface area contributed by atoms with Crippen molar-refractivity contribution < 1.29 is 8.42 Å². The molecule has 2 aliphatic rings. The summed E-state index contributed by atoms with van der Waals surface area (Å²) < 4.78 is 25.7. The molecule has 15 heavy (non-hydrogen) atoms. The third-order valence-electron chi connectivity index (χ3n) is 3.41. The molecular weight excluding hydrogens is 212 g/mol. The van der Waals surface area contributed by atoms with Crippen molar-refractivity contribution in [3.63, 3.8) is 0 Å². The summed E-state index contributed by atoms with van der Waals surface area (Å²) in [5.74, 6) is 1.04. The molecule has 2 rings (SSSR count). The van der Waals surface area contributed by atoms with E-state index in [1.54, 1.807) is 18.2 Å². The Morgan fingerprint density at radius 1 is 1.20 bits per heavy atom. The highest BCUT2D eigenvalue weighted by atomic mass is 32.2. The molecule has 0 unspecified atom stereocenters. The van der Waals surface area contributed by atoms with E-state index in [2.05, 4.69) is 5.32 Å². The van der Waals surface area contributed by atoms with Gasteiger partial charge in [0.2, 0.25) is 10.0 Å². The van der Waals surface area contributed by atoms with Crippen LogP contribution >= 0.6 is 0 Å². The van der Waals surface area contributed by atoms with Gasteiger partial charge in [-0.3, -0.25) is 0 Å². The Hall–Kier alpha value is -0.130. The summed E-state index contributed by atoms with van der Waals surface area (Å²) >= 11 is 0. The quantitative estimate of drug-likeness (QED) is 0.743. The molecule has 2 aliphatic heterocycles. The van der Waals surface area contributed by atoms with Crippen LogP contribution in [0.25, 0.3) is 0 Å². The van der Waals surface area contributed by atoms with Crippen molar-refractivity contribution in [3.8, 4) is 0 Å². The molecule has 2 atom stereocenters. The molecule has 0 amide bonds. The second-order valence-corrected chi connectivity index (χ2v) is 7.53. The Morgan fingerprint density at radius 2 is 1.73 bits per heavy atom. The summed E-state index contributed by atoms with van der Waals surface area (Å²) in [6.45, 7) is 6.89. The average Bonchev–Trinajstić information content (AvgIpc) is 2.16. The summed E-state index contributed by atoms with van der Waals surface area (Å²) in [6.07, 6.45) is 1.19. The first-order valence-electron chi connectivity index (χ1n) is 5.70. The molecule has 2 fully saturated rings. The number of hydrogen-bond acceptors (Lipinski definition) is 3. The van der Waals surface area contributed by atoms with Gasteiger partial charge in [0.1, 0.15) is 0 Å². The average molecular weight is 232 g/mol. The van der Waals surface area contributed by atoms with Crippen molar-refractivity contribution in [2.45, 2.75) is 25.5 Å². The molecule has 2 saturated heterocycles. The van der Waals surface area contributed by atoms with Crippen LogP contribution in [0.4, 0.5) is 0 Å². The maximum absolute atomic E-state index is 12.0. The summed E-state index contributed by atoms with van der Waals surface area (Å²) in [5.41, 5.74) is 0. The molecular formula is C10H20N2O2S. The third kappa shape index (κ3) is 2.19. The minimum atomic E-state index is -3.04. The van der Waals surface area contributed by atoms with Gasteiger partial charge in [-0.05, 0) is 45.2 Å². The van der Waals surface area contributed by atoms with Gasteiger partial charge in [0.05, 0.1) is 5.25 Å². The zero-order valence-electron chi connectivity index (χ0n) is 9.44. The molecule has 0 aromatic heterocycles. The van der Waals surface area contributed by atoms with Gasteiger partial charge in [-0.25, -0.2) is 12.7 Å². The first-order valence-corrected chi connectivity index (χ1v) is 7.20. The van der Waals surface area contributed by atoms with Gasteiger partial charge in [-0.1, -0.05) is 0 Å². The molecule has 88 valence electrons. The largest absolute Gasteiger partial charge is 0.316 e. The van der Waals surface area contributed by atoms with E-state index in [1.165, 1.54) is 6.42 Å². The lowest BCUT2D eigenvalue weighted by Gasteiger charge is -2.41. The molecule has 0 aromatic rings. The Bertz CT molecular complexity index is 314. The van der Waals surface area contributed by atoms with Crippen LogP contribution in [0.1, 0.15) is 20.3 Å². The molecule has 0 saturated carbocycles. The van der Waals surface area contributed by atoms with Crippen molar-refractivity contribution in [3.05, 3.63) is 0 Å². The van der Waals surface area contributed by atoms with Crippen molar-refractivity contribution in [2.75, 3.05) is 26.2 Å². The van der Waals surface area contributed by atoms with Crippen molar-refractivity contribution in [2.24, 2.45) is 11.8 Å². The van der Waals surface area contributed by atoms with Crippen LogP contribution < -0.4 is 5.32 Å². The lowest BCUT2D eigenvalue weighted by Crippen LogP contribution is -2.53. The van der Waals surface area contributed by atoms with Crippen molar-refractivity contribution >= 4 is 10.0 Å². The Labute approximate surface area is 92.1 Å². The standard InChI is InChI=1S/C10H20N2O2S/c1-8(2)15(13,14)12-6-9-3-10(7-12)5-11-4-9/h8-11H,3-7H2,1-2H3/t9-,10-/m1/s1. The van der Waals surface area contributed by atoms with Crippen molar-refractivity contribution in [1.82, 2.24) is 9.62 Å². The van der Waals surface area contributed by atoms with Crippen LogP contribution in [-0.2, 0) is 10.0 Å². The fourth-order valence-electron chi connectivity index (χ4n) is 2.56. The van der Waals surface area contributed by atoms with Crippen LogP contribution in [-0.4, -0.2) is 44.2 Å². The van der Waals surface area contributed by atoms with Gasteiger partial charge in [-0.2, -0.15) is 0 Å². The predicted octanol–water partition coefficient (Wildman–Crippen LogP) is 0.266. The number of hydrogen-bond donors (Lipinski definition) is 1. The lowest BCUT2D eigenvalue weighted by atomic mass is 9.87. The van der Waals surface area contributed by atoms with E-state index in [9.17, 15) is 8.42 Å². The van der Waals surface area contributed by atoms with Gasteiger partial charge in [0.25, 0.3) is 0 Å². The van der Waals surface area contributed by atoms with E-state index >= 15 is 0 Å². The fourth-order valence-corrected chi connectivity index (χ4v) is 4.00. The zero-order chi connectivity index (χ0) is 11.1. The number of nitrogens with zero attached hydrogens (tertiary/aromatic N) is 1. The minimum Gasteiger partial charge on any atom is -0.316 e. The highest BCUT2D eigenvalue weighted by Crippen LogP contribution is 2.27. The molecule has 2 heterocycles. The number of piperidine rings is 2. The molecule has 0 spiro atoms. The van der Waals surface area contributed by atoms with Gasteiger partial charge in [-0.15, -0.1) is 0 Å². The highest BCUT2D eigenvalue weighted by molar-refractivity contribution is 7.89. The number of rotatable bonds is 2. The summed E-state index contributed by atoms with van der Waals surface area (Å²) in [6, 6.07) is 0. The molecule has 5 heteroatoms. The second kappa shape index (κ2) is 4.03. The third-order valence-corrected chi connectivity index (χ3v) is 5.62. The SMILES string of the molecule is CC(C)S(=O)(=O)N1C[C@H]2CNC[C@@H](C2)C1. The van der Waals surface area contributed by atoms with Gasteiger partial charge in [0, 0.05) is 13.1 Å². The summed E-state index contributed by atoms with van der Waals surface area (Å²) in [4.78, 5) is 0. The normalized spacial score (nSPS) is 33.3. The van der Waals surface area contributed by atoms with Gasteiger partial charge < -0.3 is 5.32 Å². The van der Waals surface area contributed by atoms with E-state index in [-0.39, 0.29) is 5.25 Å². The maximum atomic E-state index is 12.0. The van der Waals surface area contributed by atoms with E-state index in [1.807, 2.05) is 0 Å². The fraction of sp³-hybridized carbons (Fsp3) is 1.00. The molecule has 2 bridgehead atoms. The molecule has 0 aromatic carbocycles. The molecule has 0 aliphatic carbocycles. The topological polar surface area (TPSA) is 49.4 Å². The van der Waals surface area contributed by atoms with Crippen molar-refractivity contribution in [1.29, 1.82) is 0 Å². The Balaban J connectivity index is 2.12. The monoisotopic (exact) mass is 232 g/mol. The summed E-state index contributed by atoms with van der Waals surface area (Å²) in [5, 5.41) is 3.08. The van der Waals surface area contributed by atoms with Crippen LogP contribution in [0, 0.1) is 11.8 Å². The molecule has 4 nitrogen and oxygen atoms in total. The van der Waals surface area contributed by atoms with Gasteiger partial charge in [0.15, 0.2) is 0 Å². The number of fused-ring (bicyclic) bond motifs is 2. The van der Waals surface area contributed by atoms with E-state index in [0.29, 0.717) is 24.9 Å². The second-order valence-electron chi connectivity index (χ2n) is 5.04. The van der Waals surface area contributed by atoms with E-state index in [0.717, 1.165) is 13.1 Å². The van der Waals surface area contributed by atoms with Crippen LogP contribution in [0.5, 0.6) is 0 Å². The first kappa shape index (κ1) is 11.4. The molecule has 0 radical (unpaired) electrons. The van der Waals surface area contributed by atoms with Crippen LogP contribution in [0.15, 0.2) is 0 Å². The van der Waals surface area contributed by atoms with Gasteiger partial charge >= 0.3 is 0 Å². The lowest BCUT2D eigenvalue weighted by molar-refractivity contribution is 0.158.